The van der Waals surface area contributed by atoms with Crippen molar-refractivity contribution in [1.29, 1.82) is 0 Å². The highest BCUT2D eigenvalue weighted by molar-refractivity contribution is 7.97. The Morgan fingerprint density at radius 1 is 1.45 bits per heavy atom. The topological polar surface area (TPSA) is 116 Å². The Morgan fingerprint density at radius 3 is 2.65 bits per heavy atom. The fraction of sp³-hybridized carbons (Fsp3) is 0.455. The van der Waals surface area contributed by atoms with E-state index < -0.39 is 16.1 Å². The van der Waals surface area contributed by atoms with Gasteiger partial charge >= 0.3 is 0 Å². The van der Waals surface area contributed by atoms with Crippen LogP contribution in [0.15, 0.2) is 21.9 Å². The van der Waals surface area contributed by atoms with Crippen LogP contribution in [0.2, 0.25) is 0 Å². The molecule has 2 rings (SSSR count). The van der Waals surface area contributed by atoms with E-state index in [9.17, 15) is 18.6 Å². The van der Waals surface area contributed by atoms with Crippen molar-refractivity contribution >= 4 is 27.7 Å². The van der Waals surface area contributed by atoms with Gasteiger partial charge in [-0.1, -0.05) is 0 Å². The number of rotatable bonds is 4. The van der Waals surface area contributed by atoms with E-state index in [1.54, 1.807) is 17.3 Å². The third kappa shape index (κ3) is 3.08. The Bertz CT molecular complexity index is 602. The summed E-state index contributed by atoms with van der Waals surface area (Å²) in [4.78, 5) is 0.773. The summed E-state index contributed by atoms with van der Waals surface area (Å²) in [7, 11) is -3.77. The average molecular weight is 319 g/mol. The summed E-state index contributed by atoms with van der Waals surface area (Å²) >= 11 is 1.28. The van der Waals surface area contributed by atoms with Crippen molar-refractivity contribution in [2.45, 2.75) is 22.8 Å². The molecule has 0 spiro atoms. The molecule has 1 aliphatic rings. The summed E-state index contributed by atoms with van der Waals surface area (Å²) in [6, 6.07) is 2.82. The van der Waals surface area contributed by atoms with Gasteiger partial charge in [0.2, 0.25) is 10.0 Å². The number of hydrogen-bond acceptors (Lipinski definition) is 7. The highest BCUT2D eigenvalue weighted by Gasteiger charge is 2.25. The fourth-order valence-electron chi connectivity index (χ4n) is 1.95. The number of fused-ring (bicyclic) bond motifs is 1. The molecule has 0 saturated carbocycles. The maximum absolute atomic E-state index is 11.5. The number of sulfonamides is 1. The first-order valence-electron chi connectivity index (χ1n) is 5.94. The van der Waals surface area contributed by atoms with E-state index in [2.05, 4.69) is 5.32 Å². The van der Waals surface area contributed by atoms with Crippen LogP contribution in [0, 0.1) is 6.92 Å². The molecule has 0 unspecified atom stereocenters. The number of primary sulfonamides is 1. The van der Waals surface area contributed by atoms with E-state index in [0.717, 1.165) is 5.69 Å². The second-order valence-electron chi connectivity index (χ2n) is 4.52. The van der Waals surface area contributed by atoms with Crippen LogP contribution in [0.3, 0.4) is 0 Å². The highest BCUT2D eigenvalue weighted by atomic mass is 32.2. The predicted octanol–water partition coefficient (Wildman–Crippen LogP) is -0.312. The van der Waals surface area contributed by atoms with Crippen LogP contribution < -0.4 is 10.5 Å². The van der Waals surface area contributed by atoms with Crippen molar-refractivity contribution in [2.24, 2.45) is 5.14 Å². The number of nitrogens with zero attached hydrogens (tertiary/aromatic N) is 1. The molecule has 0 saturated heterocycles. The number of aliphatic hydroxyl groups excluding tert-OH is 2. The van der Waals surface area contributed by atoms with Crippen LogP contribution in [0.5, 0.6) is 0 Å². The van der Waals surface area contributed by atoms with Gasteiger partial charge in [0.25, 0.3) is 0 Å². The zero-order valence-electron chi connectivity index (χ0n) is 10.9. The van der Waals surface area contributed by atoms with E-state index in [0.29, 0.717) is 17.1 Å². The van der Waals surface area contributed by atoms with Crippen molar-refractivity contribution in [1.82, 2.24) is 4.31 Å². The Labute approximate surface area is 122 Å². The maximum atomic E-state index is 11.5. The van der Waals surface area contributed by atoms with Crippen molar-refractivity contribution < 1.29 is 18.6 Å². The van der Waals surface area contributed by atoms with Gasteiger partial charge in [0.05, 0.1) is 36.5 Å². The van der Waals surface area contributed by atoms with Gasteiger partial charge in [0.1, 0.15) is 0 Å². The standard InChI is InChI=1S/C11H17N3O4S2/c1-7-2-9-10(3-11(7)20(12,17)18)19-14(6-13-9)8(4-15)5-16/h2-3,8,13,15-16H,4-6H2,1H3,(H2,12,17,18). The van der Waals surface area contributed by atoms with E-state index in [1.807, 2.05) is 0 Å². The Morgan fingerprint density at radius 2 is 2.10 bits per heavy atom. The summed E-state index contributed by atoms with van der Waals surface area (Å²) in [6.07, 6.45) is 0. The fourth-order valence-corrected chi connectivity index (χ4v) is 3.88. The second-order valence-corrected chi connectivity index (χ2v) is 7.14. The number of benzene rings is 1. The molecule has 0 aromatic heterocycles. The maximum Gasteiger partial charge on any atom is 0.238 e. The lowest BCUT2D eigenvalue weighted by atomic mass is 10.2. The van der Waals surface area contributed by atoms with Crippen LogP contribution >= 0.6 is 11.9 Å². The minimum Gasteiger partial charge on any atom is -0.395 e. The third-order valence-electron chi connectivity index (χ3n) is 3.05. The molecule has 1 aliphatic heterocycles. The molecule has 7 nitrogen and oxygen atoms in total. The SMILES string of the molecule is Cc1cc2c(cc1S(N)(=O)=O)SN(C(CO)CO)CN2. The summed E-state index contributed by atoms with van der Waals surface area (Å²) in [6.45, 7) is 1.75. The number of anilines is 1. The lowest BCUT2D eigenvalue weighted by Crippen LogP contribution is -2.40. The number of nitrogens with one attached hydrogen (secondary N) is 1. The largest absolute Gasteiger partial charge is 0.395 e. The molecule has 0 aliphatic carbocycles. The first-order valence-corrected chi connectivity index (χ1v) is 8.26. The monoisotopic (exact) mass is 319 g/mol. The van der Waals surface area contributed by atoms with Gasteiger partial charge in [0, 0.05) is 4.90 Å². The number of aryl methyl sites for hydroxylation is 1. The molecule has 5 N–H and O–H groups in total. The molecule has 9 heteroatoms. The van der Waals surface area contributed by atoms with Gasteiger partial charge < -0.3 is 15.5 Å². The first-order chi connectivity index (χ1) is 9.36. The van der Waals surface area contributed by atoms with E-state index in [4.69, 9.17) is 5.14 Å². The molecular weight excluding hydrogens is 302 g/mol. The molecule has 0 amide bonds. The Balaban J connectivity index is 2.36. The van der Waals surface area contributed by atoms with Gasteiger partial charge in [-0.3, -0.25) is 0 Å². The molecule has 0 atom stereocenters. The average Bonchev–Trinajstić information content (AvgIpc) is 2.38. The van der Waals surface area contributed by atoms with Crippen LogP contribution in [0.4, 0.5) is 5.69 Å². The molecular formula is C11H17N3O4S2. The Kier molecular flexibility index (Phi) is 4.57. The number of aliphatic hydroxyl groups is 2. The normalized spacial score (nSPS) is 16.1. The molecule has 1 heterocycles. The van der Waals surface area contributed by atoms with Gasteiger partial charge in [-0.25, -0.2) is 17.9 Å². The van der Waals surface area contributed by atoms with Crippen LogP contribution in [-0.4, -0.2) is 48.9 Å². The second kappa shape index (κ2) is 5.88. The summed E-state index contributed by atoms with van der Waals surface area (Å²) in [5.74, 6) is 0. The lowest BCUT2D eigenvalue weighted by molar-refractivity contribution is 0.132. The van der Waals surface area contributed by atoms with Gasteiger partial charge in [-0.05, 0) is 36.6 Å². The van der Waals surface area contributed by atoms with E-state index in [1.165, 1.54) is 18.0 Å². The first kappa shape index (κ1) is 15.5. The van der Waals surface area contributed by atoms with E-state index >= 15 is 0 Å². The van der Waals surface area contributed by atoms with Crippen LogP contribution in [0.1, 0.15) is 5.56 Å². The minimum absolute atomic E-state index is 0.0805. The molecule has 1 aromatic carbocycles. The molecule has 1 aromatic rings. The quantitative estimate of drug-likeness (QED) is 0.562. The highest BCUT2D eigenvalue weighted by Crippen LogP contribution is 2.37. The van der Waals surface area contributed by atoms with Crippen molar-refractivity contribution in [3.63, 3.8) is 0 Å². The van der Waals surface area contributed by atoms with Gasteiger partial charge in [-0.2, -0.15) is 0 Å². The van der Waals surface area contributed by atoms with Crippen molar-refractivity contribution in [3.8, 4) is 0 Å². The molecule has 0 radical (unpaired) electrons. The molecule has 20 heavy (non-hydrogen) atoms. The van der Waals surface area contributed by atoms with Gasteiger partial charge in [0.15, 0.2) is 0 Å². The summed E-state index contributed by atoms with van der Waals surface area (Å²) < 4.78 is 24.8. The zero-order valence-corrected chi connectivity index (χ0v) is 12.5. The predicted molar refractivity (Wildman–Crippen MR) is 76.7 cm³/mol. The van der Waals surface area contributed by atoms with Crippen LogP contribution in [0.25, 0.3) is 0 Å². The van der Waals surface area contributed by atoms with E-state index in [-0.39, 0.29) is 18.1 Å². The van der Waals surface area contributed by atoms with Crippen molar-refractivity contribution in [2.75, 3.05) is 25.2 Å². The smallest absolute Gasteiger partial charge is 0.238 e. The third-order valence-corrected chi connectivity index (χ3v) is 5.30. The van der Waals surface area contributed by atoms with Crippen molar-refractivity contribution in [3.05, 3.63) is 17.7 Å². The summed E-state index contributed by atoms with van der Waals surface area (Å²) in [5, 5.41) is 26.7. The van der Waals surface area contributed by atoms with Crippen LogP contribution in [-0.2, 0) is 10.0 Å². The number of hydrogen-bond donors (Lipinski definition) is 4. The minimum atomic E-state index is -3.77. The number of nitrogens with two attached hydrogens (primary N) is 1. The van der Waals surface area contributed by atoms with Gasteiger partial charge in [-0.15, -0.1) is 0 Å². The molecule has 0 bridgehead atoms. The molecule has 112 valence electrons. The Hall–Kier alpha value is -0.840. The zero-order chi connectivity index (χ0) is 14.9. The summed E-state index contributed by atoms with van der Waals surface area (Å²) in [5.41, 5.74) is 1.39. The lowest BCUT2D eigenvalue weighted by Gasteiger charge is -2.33. The molecule has 0 fully saturated rings.